The molecule has 0 saturated heterocycles. The predicted molar refractivity (Wildman–Crippen MR) is 137 cm³/mol. The minimum Gasteiger partial charge on any atom is -0.496 e. The van der Waals surface area contributed by atoms with E-state index in [2.05, 4.69) is 15.3 Å². The fraction of sp³-hybridized carbons (Fsp3) is 0.625. The first-order valence-corrected chi connectivity index (χ1v) is 13.2. The van der Waals surface area contributed by atoms with E-state index in [-0.39, 0.29) is 23.4 Å². The molecule has 11 nitrogen and oxygen atoms in total. The molecule has 0 radical (unpaired) electrons. The molecule has 0 unspecified atom stereocenters. The van der Waals surface area contributed by atoms with Gasteiger partial charge in [-0.2, -0.15) is 0 Å². The highest BCUT2D eigenvalue weighted by Crippen LogP contribution is 2.31. The van der Waals surface area contributed by atoms with Gasteiger partial charge in [0.2, 0.25) is 5.91 Å². The summed E-state index contributed by atoms with van der Waals surface area (Å²) in [5.41, 5.74) is 9.60. The van der Waals surface area contributed by atoms with Crippen LogP contribution in [0.1, 0.15) is 63.1 Å². The number of esters is 1. The SMILES string of the molecule is COc1cc(C)c(S(=O)(=O)CC(=N)CCCC[C@H](NC(=O)CN=[N+]=[N-])C(=O)OC(C)(C)C)c(C)c1C. The van der Waals surface area contributed by atoms with E-state index in [9.17, 15) is 18.0 Å². The number of azide groups is 1. The molecule has 0 spiro atoms. The van der Waals surface area contributed by atoms with E-state index in [1.54, 1.807) is 47.6 Å². The first-order chi connectivity index (χ1) is 16.6. The second kappa shape index (κ2) is 13.3. The van der Waals surface area contributed by atoms with Gasteiger partial charge in [0.05, 0.1) is 17.8 Å². The van der Waals surface area contributed by atoms with Gasteiger partial charge in [0.1, 0.15) is 23.9 Å². The van der Waals surface area contributed by atoms with E-state index in [1.165, 1.54) is 7.11 Å². The quantitative estimate of drug-likeness (QED) is 0.0983. The van der Waals surface area contributed by atoms with Crippen LogP contribution >= 0.6 is 0 Å². The van der Waals surface area contributed by atoms with Crippen LogP contribution in [0.5, 0.6) is 5.75 Å². The zero-order valence-electron chi connectivity index (χ0n) is 22.1. The Kier molecular flexibility index (Phi) is 11.4. The Hall–Kier alpha value is -3.11. The van der Waals surface area contributed by atoms with Gasteiger partial charge in [-0.05, 0) is 89.1 Å². The Balaban J connectivity index is 2.79. The van der Waals surface area contributed by atoms with Crippen molar-refractivity contribution in [1.29, 1.82) is 5.41 Å². The van der Waals surface area contributed by atoms with Crippen LogP contribution in [0, 0.1) is 26.2 Å². The summed E-state index contributed by atoms with van der Waals surface area (Å²) in [6.07, 6.45) is 1.33. The molecule has 1 amide bonds. The lowest BCUT2D eigenvalue weighted by Crippen LogP contribution is -2.45. The number of nitrogens with zero attached hydrogens (tertiary/aromatic N) is 3. The number of benzene rings is 1. The topological polar surface area (TPSA) is 171 Å². The van der Waals surface area contributed by atoms with E-state index in [1.807, 2.05) is 0 Å². The second-order valence-corrected chi connectivity index (χ2v) is 11.6. The number of methoxy groups -OCH3 is 1. The lowest BCUT2D eigenvalue weighted by Gasteiger charge is -2.24. The number of amides is 1. The molecule has 200 valence electrons. The van der Waals surface area contributed by atoms with Crippen molar-refractivity contribution in [3.05, 3.63) is 33.2 Å². The van der Waals surface area contributed by atoms with Crippen LogP contribution in [0.15, 0.2) is 16.1 Å². The summed E-state index contributed by atoms with van der Waals surface area (Å²) in [5.74, 6) is -1.01. The molecule has 0 aliphatic rings. The zero-order valence-corrected chi connectivity index (χ0v) is 22.9. The summed E-state index contributed by atoms with van der Waals surface area (Å²) >= 11 is 0. The summed E-state index contributed by atoms with van der Waals surface area (Å²) in [7, 11) is -2.20. The average Bonchev–Trinajstić information content (AvgIpc) is 2.75. The molecule has 1 aromatic carbocycles. The van der Waals surface area contributed by atoms with E-state index in [0.29, 0.717) is 29.7 Å². The van der Waals surface area contributed by atoms with Gasteiger partial charge < -0.3 is 20.2 Å². The van der Waals surface area contributed by atoms with Crippen molar-refractivity contribution in [3.8, 4) is 5.75 Å². The average molecular weight is 524 g/mol. The van der Waals surface area contributed by atoms with Crippen molar-refractivity contribution in [1.82, 2.24) is 5.32 Å². The van der Waals surface area contributed by atoms with Gasteiger partial charge in [0, 0.05) is 10.6 Å². The first-order valence-electron chi connectivity index (χ1n) is 11.6. The van der Waals surface area contributed by atoms with Crippen LogP contribution in [-0.2, 0) is 24.2 Å². The van der Waals surface area contributed by atoms with Crippen molar-refractivity contribution in [3.63, 3.8) is 0 Å². The minimum atomic E-state index is -3.73. The van der Waals surface area contributed by atoms with E-state index in [4.69, 9.17) is 20.4 Å². The third kappa shape index (κ3) is 9.50. The van der Waals surface area contributed by atoms with Crippen LogP contribution in [-0.4, -0.2) is 57.1 Å². The molecule has 2 N–H and O–H groups in total. The van der Waals surface area contributed by atoms with Gasteiger partial charge >= 0.3 is 5.97 Å². The maximum atomic E-state index is 13.1. The number of aryl methyl sites for hydroxylation is 1. The lowest BCUT2D eigenvalue weighted by molar-refractivity contribution is -0.158. The zero-order chi connectivity index (χ0) is 27.7. The number of carbonyl (C=O) groups excluding carboxylic acids is 2. The number of hydrogen-bond donors (Lipinski definition) is 2. The molecule has 0 fully saturated rings. The number of hydrogen-bond acceptors (Lipinski definition) is 8. The fourth-order valence-corrected chi connectivity index (χ4v) is 5.65. The molecule has 1 atom stereocenters. The highest BCUT2D eigenvalue weighted by Gasteiger charge is 2.27. The smallest absolute Gasteiger partial charge is 0.329 e. The van der Waals surface area contributed by atoms with Crippen molar-refractivity contribution in [2.45, 2.75) is 83.8 Å². The van der Waals surface area contributed by atoms with Gasteiger partial charge in [0.15, 0.2) is 9.84 Å². The minimum absolute atomic E-state index is 0.0588. The number of sulfone groups is 1. The molecule has 0 heterocycles. The van der Waals surface area contributed by atoms with Gasteiger partial charge in [-0.25, -0.2) is 13.2 Å². The molecule has 12 heteroatoms. The maximum Gasteiger partial charge on any atom is 0.329 e. The Labute approximate surface area is 213 Å². The molecular weight excluding hydrogens is 486 g/mol. The summed E-state index contributed by atoms with van der Waals surface area (Å²) in [5, 5.41) is 13.9. The highest BCUT2D eigenvalue weighted by atomic mass is 32.2. The van der Waals surface area contributed by atoms with E-state index >= 15 is 0 Å². The van der Waals surface area contributed by atoms with E-state index in [0.717, 1.165) is 5.56 Å². The largest absolute Gasteiger partial charge is 0.496 e. The number of unbranched alkanes of at least 4 members (excludes halogenated alkanes) is 1. The lowest BCUT2D eigenvalue weighted by atomic mass is 10.1. The summed E-state index contributed by atoms with van der Waals surface area (Å²) < 4.78 is 36.8. The Morgan fingerprint density at radius 3 is 2.39 bits per heavy atom. The molecule has 0 aliphatic heterocycles. The van der Waals surface area contributed by atoms with Crippen LogP contribution in [0.25, 0.3) is 10.4 Å². The van der Waals surface area contributed by atoms with E-state index < -0.39 is 45.7 Å². The van der Waals surface area contributed by atoms with Crippen molar-refractivity contribution >= 4 is 27.4 Å². The van der Waals surface area contributed by atoms with Crippen LogP contribution in [0.3, 0.4) is 0 Å². The fourth-order valence-electron chi connectivity index (χ4n) is 3.73. The molecule has 0 aliphatic carbocycles. The Morgan fingerprint density at radius 1 is 1.19 bits per heavy atom. The molecular formula is C24H37N5O6S. The van der Waals surface area contributed by atoms with Crippen LogP contribution in [0.2, 0.25) is 0 Å². The molecule has 36 heavy (non-hydrogen) atoms. The molecule has 0 bridgehead atoms. The number of ether oxygens (including phenoxy) is 2. The maximum absolute atomic E-state index is 13.1. The number of nitrogens with one attached hydrogen (secondary N) is 2. The Morgan fingerprint density at radius 2 is 1.83 bits per heavy atom. The van der Waals surface area contributed by atoms with Gasteiger partial charge in [-0.15, -0.1) is 0 Å². The first kappa shape index (κ1) is 30.9. The summed E-state index contributed by atoms with van der Waals surface area (Å²) in [6.45, 7) is 9.91. The van der Waals surface area contributed by atoms with Crippen LogP contribution in [0.4, 0.5) is 0 Å². The second-order valence-electron chi connectivity index (χ2n) is 9.63. The van der Waals surface area contributed by atoms with Crippen molar-refractivity contribution in [2.24, 2.45) is 5.11 Å². The highest BCUT2D eigenvalue weighted by molar-refractivity contribution is 7.92. The summed E-state index contributed by atoms with van der Waals surface area (Å²) in [4.78, 5) is 27.2. The molecule has 0 saturated carbocycles. The van der Waals surface area contributed by atoms with Crippen LogP contribution < -0.4 is 10.1 Å². The van der Waals surface area contributed by atoms with Gasteiger partial charge in [0.25, 0.3) is 0 Å². The van der Waals surface area contributed by atoms with Gasteiger partial charge in [-0.3, -0.25) is 4.79 Å². The molecule has 0 aromatic heterocycles. The number of rotatable bonds is 13. The monoisotopic (exact) mass is 523 g/mol. The normalized spacial score (nSPS) is 12.3. The van der Waals surface area contributed by atoms with Crippen molar-refractivity contribution in [2.75, 3.05) is 19.4 Å². The van der Waals surface area contributed by atoms with Crippen molar-refractivity contribution < 1.29 is 27.5 Å². The molecule has 1 aromatic rings. The molecule has 1 rings (SSSR count). The third-order valence-corrected chi connectivity index (χ3v) is 7.38. The number of carbonyl (C=O) groups is 2. The predicted octanol–water partition coefficient (Wildman–Crippen LogP) is 4.11. The Bertz CT molecular complexity index is 1130. The third-order valence-electron chi connectivity index (χ3n) is 5.40. The van der Waals surface area contributed by atoms with Gasteiger partial charge in [-0.1, -0.05) is 11.5 Å². The standard InChI is InChI=1S/C24H37N5O6S/c1-15-12-20(34-7)16(2)17(3)22(15)36(32,33)14-18(25)10-8-9-11-19(23(31)35-24(4,5)6)28-21(30)13-27-29-26/h12,19,25H,8-11,13-14H2,1-7H3,(H,28,30)/t19-/m0/s1. The summed E-state index contributed by atoms with van der Waals surface area (Å²) in [6, 6.07) is 0.738.